The molecule has 1 amide bonds. The molecular formula is C7H13N5O4S. The highest BCUT2D eigenvalue weighted by Crippen LogP contribution is 2.12. The van der Waals surface area contributed by atoms with Crippen molar-refractivity contribution in [1.82, 2.24) is 14.9 Å². The van der Waals surface area contributed by atoms with Gasteiger partial charge in [-0.05, 0) is 0 Å². The predicted molar refractivity (Wildman–Crippen MR) is 58.2 cm³/mol. The topological polar surface area (TPSA) is 153 Å². The zero-order chi connectivity index (χ0) is 12.9. The number of hydrogen-bond donors (Lipinski definition) is 4. The summed E-state index contributed by atoms with van der Waals surface area (Å²) in [5, 5.41) is 5.80. The van der Waals surface area contributed by atoms with Crippen LogP contribution < -0.4 is 16.2 Å². The van der Waals surface area contributed by atoms with Crippen molar-refractivity contribution in [2.24, 2.45) is 5.73 Å². The summed E-state index contributed by atoms with van der Waals surface area (Å²) in [6, 6.07) is 0. The zero-order valence-electron chi connectivity index (χ0n) is 8.84. The number of ether oxygens (including phenoxy) is 1. The van der Waals surface area contributed by atoms with Crippen LogP contribution in [0, 0.1) is 0 Å². The summed E-state index contributed by atoms with van der Waals surface area (Å²) >= 11 is 0. The third-order valence-corrected chi connectivity index (χ3v) is 3.19. The summed E-state index contributed by atoms with van der Waals surface area (Å²) in [5.74, 6) is -0.664. The molecule has 96 valence electrons. The molecule has 0 aliphatic heterocycles. The molecule has 0 radical (unpaired) electrons. The van der Waals surface area contributed by atoms with E-state index < -0.39 is 15.9 Å². The molecule has 0 aliphatic carbocycles. The molecule has 0 spiro atoms. The van der Waals surface area contributed by atoms with Crippen LogP contribution in [0.5, 0.6) is 0 Å². The Balaban J connectivity index is 2.41. The van der Waals surface area contributed by atoms with E-state index in [-0.39, 0.29) is 30.5 Å². The van der Waals surface area contributed by atoms with E-state index in [1.54, 1.807) is 0 Å². The van der Waals surface area contributed by atoms with Crippen LogP contribution in [0.4, 0.5) is 5.82 Å². The van der Waals surface area contributed by atoms with Crippen molar-refractivity contribution in [2.75, 3.05) is 25.5 Å². The summed E-state index contributed by atoms with van der Waals surface area (Å²) in [5.41, 5.74) is 10.2. The summed E-state index contributed by atoms with van der Waals surface area (Å²) in [6.07, 6.45) is 1.10. The molecule has 0 saturated carbocycles. The lowest BCUT2D eigenvalue weighted by Gasteiger charge is -2.05. The predicted octanol–water partition coefficient (Wildman–Crippen LogP) is -2.23. The number of aromatic amines is 1. The van der Waals surface area contributed by atoms with Crippen LogP contribution in [0.1, 0.15) is 0 Å². The van der Waals surface area contributed by atoms with Crippen molar-refractivity contribution in [3.63, 3.8) is 0 Å². The number of nitrogen functional groups attached to an aromatic ring is 1. The number of carbonyl (C=O) groups is 1. The third kappa shape index (κ3) is 4.01. The van der Waals surface area contributed by atoms with Crippen molar-refractivity contribution in [3.05, 3.63) is 6.20 Å². The lowest BCUT2D eigenvalue weighted by molar-refractivity contribution is -0.122. The van der Waals surface area contributed by atoms with Gasteiger partial charge in [0.05, 0.1) is 12.8 Å². The highest BCUT2D eigenvalue weighted by atomic mass is 32.2. The fourth-order valence-electron chi connectivity index (χ4n) is 0.998. The smallest absolute Gasteiger partial charge is 0.245 e. The van der Waals surface area contributed by atoms with Crippen molar-refractivity contribution in [2.45, 2.75) is 4.90 Å². The van der Waals surface area contributed by atoms with Crippen molar-refractivity contribution in [1.29, 1.82) is 0 Å². The van der Waals surface area contributed by atoms with Gasteiger partial charge < -0.3 is 16.2 Å². The van der Waals surface area contributed by atoms with Gasteiger partial charge in [-0.25, -0.2) is 13.1 Å². The molecule has 6 N–H and O–H groups in total. The molecule has 9 nitrogen and oxygen atoms in total. The van der Waals surface area contributed by atoms with Gasteiger partial charge in [0, 0.05) is 6.54 Å². The first-order valence-electron chi connectivity index (χ1n) is 4.58. The van der Waals surface area contributed by atoms with Crippen LogP contribution in [0.3, 0.4) is 0 Å². The number of amides is 1. The second-order valence-corrected chi connectivity index (χ2v) is 4.80. The Morgan fingerprint density at radius 1 is 1.59 bits per heavy atom. The van der Waals surface area contributed by atoms with E-state index in [9.17, 15) is 13.2 Å². The van der Waals surface area contributed by atoms with Crippen molar-refractivity contribution < 1.29 is 17.9 Å². The number of anilines is 1. The minimum atomic E-state index is -3.71. The molecule has 1 aromatic heterocycles. The van der Waals surface area contributed by atoms with Gasteiger partial charge in [-0.15, -0.1) is 0 Å². The lowest BCUT2D eigenvalue weighted by Crippen LogP contribution is -2.29. The van der Waals surface area contributed by atoms with E-state index in [0.717, 1.165) is 6.20 Å². The minimum absolute atomic E-state index is 0.000231. The minimum Gasteiger partial charge on any atom is -0.383 e. The van der Waals surface area contributed by atoms with E-state index in [1.807, 2.05) is 0 Å². The summed E-state index contributed by atoms with van der Waals surface area (Å²) < 4.78 is 30.2. The first kappa shape index (κ1) is 13.4. The van der Waals surface area contributed by atoms with Crippen molar-refractivity contribution >= 4 is 21.7 Å². The van der Waals surface area contributed by atoms with Gasteiger partial charge in [0.25, 0.3) is 0 Å². The average Bonchev–Trinajstić information content (AvgIpc) is 2.64. The number of primary amides is 1. The molecule has 1 aromatic rings. The fraction of sp³-hybridized carbons (Fsp3) is 0.429. The van der Waals surface area contributed by atoms with E-state index in [2.05, 4.69) is 14.9 Å². The number of H-pyrrole nitrogens is 1. The van der Waals surface area contributed by atoms with E-state index in [0.29, 0.717) is 0 Å². The molecule has 1 rings (SSSR count). The Morgan fingerprint density at radius 3 is 2.82 bits per heavy atom. The van der Waals surface area contributed by atoms with Crippen LogP contribution in [0.15, 0.2) is 11.1 Å². The van der Waals surface area contributed by atoms with Gasteiger partial charge in [-0.3, -0.25) is 9.89 Å². The molecule has 1 heterocycles. The molecule has 0 atom stereocenters. The molecule has 0 fully saturated rings. The van der Waals surface area contributed by atoms with Crippen LogP contribution in [-0.2, 0) is 19.6 Å². The number of hydrogen-bond acceptors (Lipinski definition) is 6. The number of nitrogens with zero attached hydrogens (tertiary/aromatic N) is 1. The molecule has 0 bridgehead atoms. The Hall–Kier alpha value is -1.65. The van der Waals surface area contributed by atoms with Gasteiger partial charge in [0.2, 0.25) is 15.9 Å². The number of nitrogens with two attached hydrogens (primary N) is 2. The van der Waals surface area contributed by atoms with E-state index >= 15 is 0 Å². The monoisotopic (exact) mass is 263 g/mol. The summed E-state index contributed by atoms with van der Waals surface area (Å²) in [4.78, 5) is 10.2. The maximum atomic E-state index is 11.6. The third-order valence-electron chi connectivity index (χ3n) is 1.70. The second kappa shape index (κ2) is 5.61. The Kier molecular flexibility index (Phi) is 4.43. The maximum absolute atomic E-state index is 11.6. The molecule has 0 unspecified atom stereocenters. The number of carbonyl (C=O) groups excluding carboxylic acids is 1. The molecule has 0 saturated heterocycles. The lowest BCUT2D eigenvalue weighted by atomic mass is 10.6. The normalized spacial score (nSPS) is 11.5. The molecule has 17 heavy (non-hydrogen) atoms. The van der Waals surface area contributed by atoms with Crippen LogP contribution in [-0.4, -0.2) is 44.3 Å². The quantitative estimate of drug-likeness (QED) is 0.408. The number of sulfonamides is 1. The zero-order valence-corrected chi connectivity index (χ0v) is 9.66. The first-order chi connectivity index (χ1) is 7.93. The van der Waals surface area contributed by atoms with Gasteiger partial charge in [0.1, 0.15) is 17.3 Å². The number of aromatic nitrogens is 2. The Labute approximate surface area is 97.6 Å². The summed E-state index contributed by atoms with van der Waals surface area (Å²) in [6.45, 7) is -0.226. The average molecular weight is 263 g/mol. The molecule has 0 aliphatic rings. The molecular weight excluding hydrogens is 250 g/mol. The largest absolute Gasteiger partial charge is 0.383 e. The summed E-state index contributed by atoms with van der Waals surface area (Å²) in [7, 11) is -3.71. The van der Waals surface area contributed by atoms with Crippen LogP contribution >= 0.6 is 0 Å². The fourth-order valence-corrected chi connectivity index (χ4v) is 2.03. The van der Waals surface area contributed by atoms with Crippen LogP contribution in [0.2, 0.25) is 0 Å². The molecule has 0 aromatic carbocycles. The highest BCUT2D eigenvalue weighted by molar-refractivity contribution is 7.89. The highest BCUT2D eigenvalue weighted by Gasteiger charge is 2.18. The van der Waals surface area contributed by atoms with Crippen molar-refractivity contribution in [3.8, 4) is 0 Å². The maximum Gasteiger partial charge on any atom is 0.245 e. The SMILES string of the molecule is NC(=O)COCCNS(=O)(=O)c1cn[nH]c1N. The van der Waals surface area contributed by atoms with Gasteiger partial charge in [-0.2, -0.15) is 5.10 Å². The standard InChI is InChI=1S/C7H13N5O4S/c8-6(13)4-16-2-1-11-17(14,15)5-3-10-12-7(5)9/h3,11H,1-2,4H2,(H2,8,13)(H3,9,10,12). The van der Waals surface area contributed by atoms with E-state index in [4.69, 9.17) is 16.2 Å². The van der Waals surface area contributed by atoms with Gasteiger partial charge >= 0.3 is 0 Å². The second-order valence-electron chi connectivity index (χ2n) is 3.06. The number of rotatable bonds is 7. The first-order valence-corrected chi connectivity index (χ1v) is 6.06. The Morgan fingerprint density at radius 2 is 2.29 bits per heavy atom. The van der Waals surface area contributed by atoms with Gasteiger partial charge in [0.15, 0.2) is 0 Å². The Bertz CT molecular complexity index is 482. The van der Waals surface area contributed by atoms with Gasteiger partial charge in [-0.1, -0.05) is 0 Å². The molecule has 10 heteroatoms. The number of nitrogens with one attached hydrogen (secondary N) is 2. The van der Waals surface area contributed by atoms with E-state index in [1.165, 1.54) is 0 Å². The van der Waals surface area contributed by atoms with Crippen LogP contribution in [0.25, 0.3) is 0 Å².